The van der Waals surface area contributed by atoms with Gasteiger partial charge >= 0.3 is 6.03 Å². The van der Waals surface area contributed by atoms with Crippen molar-refractivity contribution in [1.82, 2.24) is 20.1 Å². The zero-order valence-electron chi connectivity index (χ0n) is 18.8. The van der Waals surface area contributed by atoms with E-state index in [9.17, 15) is 14.9 Å². The Balaban J connectivity index is 1.24. The fourth-order valence-electron chi connectivity index (χ4n) is 6.28. The van der Waals surface area contributed by atoms with E-state index in [0.717, 1.165) is 13.0 Å². The monoisotopic (exact) mass is 474 g/mol. The third-order valence-electron chi connectivity index (χ3n) is 7.90. The van der Waals surface area contributed by atoms with E-state index in [4.69, 9.17) is 12.2 Å². The van der Waals surface area contributed by atoms with Gasteiger partial charge < -0.3 is 15.1 Å². The van der Waals surface area contributed by atoms with Crippen molar-refractivity contribution in [3.8, 4) is 6.07 Å². The molecule has 34 heavy (non-hydrogen) atoms. The molecule has 3 aliphatic heterocycles. The first-order valence-electron chi connectivity index (χ1n) is 12.1. The van der Waals surface area contributed by atoms with Crippen molar-refractivity contribution < 1.29 is 9.59 Å². The molecule has 1 aromatic carbocycles. The summed E-state index contributed by atoms with van der Waals surface area (Å²) in [5.41, 5.74) is 1.39. The molecule has 1 aromatic heterocycles. The number of hydrogen-bond donors (Lipinski definition) is 1. The van der Waals surface area contributed by atoms with E-state index in [1.54, 1.807) is 35.4 Å². The maximum Gasteiger partial charge on any atom is 0.332 e. The molecular formula is C25H26N6O2S. The van der Waals surface area contributed by atoms with Crippen molar-refractivity contribution >= 4 is 45.9 Å². The molecule has 8 nitrogen and oxygen atoms in total. The fraction of sp³-hybridized carbons (Fsp3) is 0.480. The third kappa shape index (κ3) is 3.16. The molecule has 3 atom stereocenters. The van der Waals surface area contributed by atoms with Crippen LogP contribution in [0.4, 0.5) is 10.5 Å². The number of imide groups is 1. The van der Waals surface area contributed by atoms with Crippen molar-refractivity contribution in [3.05, 3.63) is 36.0 Å². The Kier molecular flexibility index (Phi) is 5.14. The molecule has 0 radical (unpaired) electrons. The van der Waals surface area contributed by atoms with E-state index < -0.39 is 6.04 Å². The highest BCUT2D eigenvalue weighted by Gasteiger charge is 2.62. The summed E-state index contributed by atoms with van der Waals surface area (Å²) < 4.78 is 0. The molecule has 4 aliphatic rings. The molecule has 4 heterocycles. The second kappa shape index (κ2) is 8.20. The number of hydrogen-bond acceptors (Lipinski definition) is 5. The lowest BCUT2D eigenvalue weighted by atomic mass is 9.89. The summed E-state index contributed by atoms with van der Waals surface area (Å²) in [6.07, 6.45) is 8.76. The molecule has 2 bridgehead atoms. The predicted octanol–water partition coefficient (Wildman–Crippen LogP) is 3.15. The average Bonchev–Trinajstić information content (AvgIpc) is 3.54. The highest BCUT2D eigenvalue weighted by molar-refractivity contribution is 7.80. The van der Waals surface area contributed by atoms with Crippen molar-refractivity contribution in [2.24, 2.45) is 5.92 Å². The van der Waals surface area contributed by atoms with Crippen LogP contribution in [0.15, 0.2) is 30.5 Å². The molecule has 3 saturated heterocycles. The number of pyridine rings is 1. The summed E-state index contributed by atoms with van der Waals surface area (Å²) in [6.45, 7) is 1.53. The van der Waals surface area contributed by atoms with Crippen LogP contribution in [0.1, 0.15) is 44.1 Å². The molecular weight excluding hydrogens is 448 g/mol. The summed E-state index contributed by atoms with van der Waals surface area (Å²) >= 11 is 5.74. The summed E-state index contributed by atoms with van der Waals surface area (Å²) in [7, 11) is 0. The van der Waals surface area contributed by atoms with Gasteiger partial charge in [0.1, 0.15) is 12.1 Å². The fourth-order valence-corrected chi connectivity index (χ4v) is 6.57. The van der Waals surface area contributed by atoms with Crippen LogP contribution in [0.5, 0.6) is 0 Å². The standard InChI is InChI=1S/C25H26N6O2S/c26-12-16-8-9-19(18-7-4-10-27-21(16)18)31-23(32)22-20-11-17(30(22)25(31)33)14-29(20)24(34)28-13-15-5-2-1-3-6-15/h4,7-10,15,17,20,22H,1-3,5-6,11,13-14H2,(H,28,34). The highest BCUT2D eigenvalue weighted by atomic mass is 32.1. The first-order chi connectivity index (χ1) is 16.6. The molecule has 2 aromatic rings. The van der Waals surface area contributed by atoms with Gasteiger partial charge in [0, 0.05) is 24.7 Å². The van der Waals surface area contributed by atoms with Gasteiger partial charge in [0.05, 0.1) is 28.9 Å². The number of fused-ring (bicyclic) bond motifs is 6. The molecule has 1 N–H and O–H groups in total. The number of urea groups is 1. The van der Waals surface area contributed by atoms with Crippen LogP contribution in [0, 0.1) is 17.2 Å². The van der Waals surface area contributed by atoms with Crippen LogP contribution >= 0.6 is 12.2 Å². The van der Waals surface area contributed by atoms with E-state index >= 15 is 0 Å². The van der Waals surface area contributed by atoms with Crippen molar-refractivity contribution in [1.29, 1.82) is 5.26 Å². The molecule has 174 valence electrons. The molecule has 1 aliphatic carbocycles. The SMILES string of the molecule is N#Cc1ccc(N2C(=O)C3C4CC(CN4C(=S)NCC4CCCCC4)N3C2=O)c2cccnc12. The number of nitrogens with zero attached hydrogens (tertiary/aromatic N) is 5. The number of anilines is 1. The lowest BCUT2D eigenvalue weighted by Gasteiger charge is -2.37. The molecule has 0 spiro atoms. The Morgan fingerprint density at radius 1 is 1.21 bits per heavy atom. The zero-order valence-corrected chi connectivity index (χ0v) is 19.6. The van der Waals surface area contributed by atoms with Crippen LogP contribution < -0.4 is 10.2 Å². The van der Waals surface area contributed by atoms with Gasteiger partial charge in [-0.3, -0.25) is 9.78 Å². The molecule has 9 heteroatoms. The predicted molar refractivity (Wildman–Crippen MR) is 131 cm³/mol. The van der Waals surface area contributed by atoms with Gasteiger partial charge in [-0.05, 0) is 61.7 Å². The zero-order chi connectivity index (χ0) is 23.4. The Bertz CT molecular complexity index is 1240. The summed E-state index contributed by atoms with van der Waals surface area (Å²) in [4.78, 5) is 36.6. The van der Waals surface area contributed by atoms with Crippen molar-refractivity contribution in [2.45, 2.75) is 56.7 Å². The van der Waals surface area contributed by atoms with Gasteiger partial charge in [0.25, 0.3) is 5.91 Å². The smallest absolute Gasteiger partial charge is 0.332 e. The van der Waals surface area contributed by atoms with Crippen molar-refractivity contribution in [3.63, 3.8) is 0 Å². The molecule has 1 saturated carbocycles. The van der Waals surface area contributed by atoms with E-state index in [2.05, 4.69) is 21.3 Å². The number of likely N-dealkylation sites (tertiary alicyclic amines) is 1. The van der Waals surface area contributed by atoms with Gasteiger partial charge in [-0.1, -0.05) is 19.3 Å². The number of carbonyl (C=O) groups excluding carboxylic acids is 2. The summed E-state index contributed by atoms with van der Waals surface area (Å²) in [6, 6.07) is 8.01. The number of nitrogens with one attached hydrogen (secondary N) is 1. The largest absolute Gasteiger partial charge is 0.362 e. The van der Waals surface area contributed by atoms with Crippen LogP contribution in [0.3, 0.4) is 0 Å². The van der Waals surface area contributed by atoms with E-state index in [0.29, 0.717) is 39.7 Å². The second-order valence-electron chi connectivity index (χ2n) is 9.75. The number of carbonyl (C=O) groups is 2. The first-order valence-corrected chi connectivity index (χ1v) is 12.5. The molecule has 6 rings (SSSR count). The lowest BCUT2D eigenvalue weighted by molar-refractivity contribution is -0.120. The normalized spacial score (nSPS) is 26.3. The summed E-state index contributed by atoms with van der Waals surface area (Å²) in [5, 5.41) is 14.2. The van der Waals surface area contributed by atoms with Gasteiger partial charge in [-0.15, -0.1) is 0 Å². The minimum Gasteiger partial charge on any atom is -0.362 e. The average molecular weight is 475 g/mol. The Morgan fingerprint density at radius 3 is 2.82 bits per heavy atom. The summed E-state index contributed by atoms with van der Waals surface area (Å²) in [5.74, 6) is 0.429. The lowest BCUT2D eigenvalue weighted by Crippen LogP contribution is -2.57. The van der Waals surface area contributed by atoms with Gasteiger partial charge in [0.2, 0.25) is 0 Å². The van der Waals surface area contributed by atoms with E-state index in [-0.39, 0.29) is 24.0 Å². The van der Waals surface area contributed by atoms with Crippen LogP contribution in [-0.2, 0) is 4.79 Å². The van der Waals surface area contributed by atoms with Gasteiger partial charge in [-0.25, -0.2) is 9.69 Å². The molecule has 4 fully saturated rings. The highest BCUT2D eigenvalue weighted by Crippen LogP contribution is 2.43. The quantitative estimate of drug-likeness (QED) is 0.540. The van der Waals surface area contributed by atoms with E-state index in [1.165, 1.54) is 37.0 Å². The number of benzene rings is 1. The van der Waals surface area contributed by atoms with Crippen LogP contribution in [-0.4, -0.2) is 63.0 Å². The molecule has 3 amide bonds. The topological polar surface area (TPSA) is 92.6 Å². The number of thiocarbonyl (C=S) groups is 1. The minimum absolute atomic E-state index is 0.0337. The Hall–Kier alpha value is -3.25. The molecule has 3 unspecified atom stereocenters. The first kappa shape index (κ1) is 21.3. The second-order valence-corrected chi connectivity index (χ2v) is 10.1. The Labute approximate surface area is 203 Å². The maximum atomic E-state index is 13.6. The van der Waals surface area contributed by atoms with Gasteiger partial charge in [-0.2, -0.15) is 5.26 Å². The van der Waals surface area contributed by atoms with Gasteiger partial charge in [0.15, 0.2) is 5.11 Å². The number of amides is 3. The van der Waals surface area contributed by atoms with Crippen molar-refractivity contribution in [2.75, 3.05) is 18.0 Å². The number of aromatic nitrogens is 1. The third-order valence-corrected chi connectivity index (χ3v) is 8.28. The number of rotatable bonds is 3. The Morgan fingerprint density at radius 2 is 2.03 bits per heavy atom. The van der Waals surface area contributed by atoms with E-state index in [1.807, 2.05) is 0 Å². The maximum absolute atomic E-state index is 13.6. The van der Waals surface area contributed by atoms with Crippen LogP contribution in [0.2, 0.25) is 0 Å². The van der Waals surface area contributed by atoms with Crippen LogP contribution in [0.25, 0.3) is 10.9 Å². The number of piperazine rings is 1. The number of nitriles is 1. The minimum atomic E-state index is -0.539.